The van der Waals surface area contributed by atoms with Crippen molar-refractivity contribution in [1.29, 1.82) is 0 Å². The lowest BCUT2D eigenvalue weighted by Gasteiger charge is -2.12. The Balaban J connectivity index is 2.78. The van der Waals surface area contributed by atoms with Gasteiger partial charge in [0.1, 0.15) is 0 Å². The summed E-state index contributed by atoms with van der Waals surface area (Å²) in [6, 6.07) is 0. The monoisotopic (exact) mass is 179 g/mol. The maximum atomic E-state index is 5.81. The Labute approximate surface area is 77.3 Å². The average Bonchev–Trinajstić information content (AvgIpc) is 2.48. The fourth-order valence-corrected chi connectivity index (χ4v) is 0.621. The lowest BCUT2D eigenvalue weighted by molar-refractivity contribution is 0.585. The first-order valence-electron chi connectivity index (χ1n) is 4.09. The van der Waals surface area contributed by atoms with Crippen LogP contribution in [0.15, 0.2) is 0 Å². The quantitative estimate of drug-likeness (QED) is 0.600. The highest BCUT2D eigenvalue weighted by Crippen LogP contribution is 2.01. The number of rotatable bonds is 1. The first-order chi connectivity index (χ1) is 6.03. The second kappa shape index (κ2) is 3.54. The van der Waals surface area contributed by atoms with E-state index in [0.29, 0.717) is 5.82 Å². The van der Waals surface area contributed by atoms with Crippen LogP contribution < -0.4 is 5.73 Å². The summed E-state index contributed by atoms with van der Waals surface area (Å²) in [5, 5.41) is 11.3. The van der Waals surface area contributed by atoms with Gasteiger partial charge in [-0.2, -0.15) is 4.80 Å². The van der Waals surface area contributed by atoms with Crippen molar-refractivity contribution in [3.05, 3.63) is 5.82 Å². The summed E-state index contributed by atoms with van der Waals surface area (Å²) in [6.45, 7) is 3.86. The van der Waals surface area contributed by atoms with Crippen LogP contribution in [0.3, 0.4) is 0 Å². The van der Waals surface area contributed by atoms with Crippen molar-refractivity contribution >= 4 is 0 Å². The first kappa shape index (κ1) is 9.68. The van der Waals surface area contributed by atoms with E-state index in [1.165, 1.54) is 4.80 Å². The van der Waals surface area contributed by atoms with Crippen LogP contribution in [0.25, 0.3) is 0 Å². The Bertz CT molecular complexity index is 341. The number of aryl methyl sites for hydroxylation is 1. The molecule has 1 aromatic rings. The summed E-state index contributed by atoms with van der Waals surface area (Å²) >= 11 is 0. The Hall–Kier alpha value is -1.41. The fraction of sp³-hybridized carbons (Fsp3) is 0.625. The van der Waals surface area contributed by atoms with E-state index in [4.69, 9.17) is 5.73 Å². The van der Waals surface area contributed by atoms with Gasteiger partial charge in [0.2, 0.25) is 5.82 Å². The Morgan fingerprint density at radius 3 is 2.77 bits per heavy atom. The molecule has 0 spiro atoms. The van der Waals surface area contributed by atoms with E-state index >= 15 is 0 Å². The number of nitrogens with two attached hydrogens (primary N) is 1. The van der Waals surface area contributed by atoms with Gasteiger partial charge < -0.3 is 5.73 Å². The molecule has 0 aromatic carbocycles. The highest BCUT2D eigenvalue weighted by molar-refractivity contribution is 5.24. The minimum atomic E-state index is -0.473. The predicted molar refractivity (Wildman–Crippen MR) is 48.6 cm³/mol. The maximum absolute atomic E-state index is 5.81. The number of tetrazole rings is 1. The molecule has 1 atom stereocenters. The van der Waals surface area contributed by atoms with E-state index in [1.54, 1.807) is 7.05 Å². The zero-order valence-corrected chi connectivity index (χ0v) is 8.07. The molecule has 1 aromatic heterocycles. The molecule has 2 N–H and O–H groups in total. The van der Waals surface area contributed by atoms with Gasteiger partial charge in [-0.15, -0.1) is 5.10 Å². The normalized spacial score (nSPS) is 14.5. The third-order valence-electron chi connectivity index (χ3n) is 1.70. The molecule has 5 heteroatoms. The molecule has 1 heterocycles. The van der Waals surface area contributed by atoms with Crippen molar-refractivity contribution in [3.8, 4) is 11.8 Å². The molecule has 1 rings (SSSR count). The largest absolute Gasteiger partial charge is 0.315 e. The fourth-order valence-electron chi connectivity index (χ4n) is 0.621. The van der Waals surface area contributed by atoms with E-state index < -0.39 is 5.54 Å². The van der Waals surface area contributed by atoms with Crippen LogP contribution in [-0.4, -0.2) is 25.7 Å². The van der Waals surface area contributed by atoms with Gasteiger partial charge in [-0.3, -0.25) is 0 Å². The van der Waals surface area contributed by atoms with Crippen LogP contribution in [0, 0.1) is 11.8 Å². The van der Waals surface area contributed by atoms with Gasteiger partial charge in [0.25, 0.3) is 0 Å². The Morgan fingerprint density at radius 2 is 2.31 bits per heavy atom. The number of aromatic nitrogens is 4. The second-order valence-corrected chi connectivity index (χ2v) is 3.12. The number of nitrogens with zero attached hydrogens (tertiary/aromatic N) is 4. The molecule has 0 aliphatic rings. The molecule has 0 aliphatic heterocycles. The molecular weight excluding hydrogens is 166 g/mol. The van der Waals surface area contributed by atoms with Gasteiger partial charge in [0, 0.05) is 0 Å². The van der Waals surface area contributed by atoms with Gasteiger partial charge in [0.05, 0.1) is 12.6 Å². The average molecular weight is 179 g/mol. The molecular formula is C8H13N5. The summed E-state index contributed by atoms with van der Waals surface area (Å²) < 4.78 is 0. The van der Waals surface area contributed by atoms with Crippen LogP contribution in [0.1, 0.15) is 26.1 Å². The van der Waals surface area contributed by atoms with Crippen molar-refractivity contribution in [2.75, 3.05) is 0 Å². The molecule has 0 radical (unpaired) electrons. The van der Waals surface area contributed by atoms with E-state index in [0.717, 1.165) is 6.42 Å². The summed E-state index contributed by atoms with van der Waals surface area (Å²) in [5.74, 6) is 6.07. The maximum Gasteiger partial charge on any atom is 0.247 e. The highest BCUT2D eigenvalue weighted by atomic mass is 15.6. The van der Waals surface area contributed by atoms with E-state index in [9.17, 15) is 0 Å². The number of hydrogen-bond donors (Lipinski definition) is 1. The summed E-state index contributed by atoms with van der Waals surface area (Å²) in [5.41, 5.74) is 5.34. The smallest absolute Gasteiger partial charge is 0.247 e. The highest BCUT2D eigenvalue weighted by Gasteiger charge is 2.10. The van der Waals surface area contributed by atoms with Gasteiger partial charge in [0.15, 0.2) is 0 Å². The minimum absolute atomic E-state index is 0.410. The standard InChI is InChI=1S/C8H13N5/c1-4-8(2,9)6-5-7-10-12-13(3)11-7/h4,9H2,1-3H3. The van der Waals surface area contributed by atoms with Crippen LogP contribution in [0.4, 0.5) is 0 Å². The van der Waals surface area contributed by atoms with Gasteiger partial charge in [-0.1, -0.05) is 17.9 Å². The third-order valence-corrected chi connectivity index (χ3v) is 1.70. The molecule has 13 heavy (non-hydrogen) atoms. The predicted octanol–water partition coefficient (Wildman–Crippen LogP) is -0.311. The van der Waals surface area contributed by atoms with Crippen molar-refractivity contribution in [2.45, 2.75) is 25.8 Å². The van der Waals surface area contributed by atoms with E-state index in [-0.39, 0.29) is 0 Å². The van der Waals surface area contributed by atoms with Crippen molar-refractivity contribution in [1.82, 2.24) is 20.2 Å². The molecule has 0 saturated heterocycles. The molecule has 0 saturated carbocycles. The summed E-state index contributed by atoms with van der Waals surface area (Å²) in [6.07, 6.45) is 0.792. The second-order valence-electron chi connectivity index (χ2n) is 3.12. The van der Waals surface area contributed by atoms with Crippen LogP contribution in [0.5, 0.6) is 0 Å². The topological polar surface area (TPSA) is 69.6 Å². The van der Waals surface area contributed by atoms with Crippen LogP contribution in [0.2, 0.25) is 0 Å². The lowest BCUT2D eigenvalue weighted by atomic mass is 10.0. The molecule has 0 bridgehead atoms. The van der Waals surface area contributed by atoms with Crippen molar-refractivity contribution < 1.29 is 0 Å². The molecule has 0 fully saturated rings. The minimum Gasteiger partial charge on any atom is -0.315 e. The molecule has 0 amide bonds. The summed E-state index contributed by atoms with van der Waals surface area (Å²) in [4.78, 5) is 1.36. The number of hydrogen-bond acceptors (Lipinski definition) is 4. The van der Waals surface area contributed by atoms with E-state index in [2.05, 4.69) is 27.3 Å². The van der Waals surface area contributed by atoms with Crippen LogP contribution in [-0.2, 0) is 7.05 Å². The van der Waals surface area contributed by atoms with Crippen molar-refractivity contribution in [2.24, 2.45) is 12.8 Å². The first-order valence-corrected chi connectivity index (χ1v) is 4.09. The molecule has 0 aliphatic carbocycles. The van der Waals surface area contributed by atoms with Crippen LogP contribution >= 0.6 is 0 Å². The van der Waals surface area contributed by atoms with E-state index in [1.807, 2.05) is 13.8 Å². The van der Waals surface area contributed by atoms with Gasteiger partial charge >= 0.3 is 0 Å². The Kier molecular flexibility index (Phi) is 2.63. The molecule has 1 unspecified atom stereocenters. The zero-order chi connectivity index (χ0) is 9.90. The van der Waals surface area contributed by atoms with Gasteiger partial charge in [-0.25, -0.2) is 0 Å². The summed E-state index contributed by atoms with van der Waals surface area (Å²) in [7, 11) is 1.69. The SMILES string of the molecule is CCC(C)(N)C#Cc1nnn(C)n1. The lowest BCUT2D eigenvalue weighted by Crippen LogP contribution is -2.33. The molecule has 5 nitrogen and oxygen atoms in total. The Morgan fingerprint density at radius 1 is 1.62 bits per heavy atom. The van der Waals surface area contributed by atoms with Gasteiger partial charge in [-0.05, 0) is 24.5 Å². The zero-order valence-electron chi connectivity index (χ0n) is 8.07. The van der Waals surface area contributed by atoms with Crippen molar-refractivity contribution in [3.63, 3.8) is 0 Å². The third kappa shape index (κ3) is 2.84. The molecule has 70 valence electrons.